The predicted molar refractivity (Wildman–Crippen MR) is 178 cm³/mol. The van der Waals surface area contributed by atoms with Gasteiger partial charge < -0.3 is 45.5 Å². The topological polar surface area (TPSA) is 98.9 Å². The zero-order valence-electron chi connectivity index (χ0n) is 27.3. The van der Waals surface area contributed by atoms with Crippen molar-refractivity contribution in [3.05, 3.63) is 91.0 Å². The van der Waals surface area contributed by atoms with Crippen LogP contribution in [0.2, 0.25) is 6.04 Å². The summed E-state index contributed by atoms with van der Waals surface area (Å²) in [5.74, 6) is 2.18. The molecule has 3 unspecified atom stereocenters. The van der Waals surface area contributed by atoms with E-state index < -0.39 is 17.6 Å². The smallest absolute Gasteiger partial charge is 0.483 e. The first-order valence-corrected chi connectivity index (χ1v) is 19.6. The molecule has 252 valence electrons. The summed E-state index contributed by atoms with van der Waals surface area (Å²) in [7, 11) is -1.05. The van der Waals surface area contributed by atoms with E-state index in [0.717, 1.165) is 49.7 Å². The Kier molecular flexibility index (Phi) is 15.0. The second-order valence-corrected chi connectivity index (χ2v) is 16.4. The number of hydrogen-bond acceptors (Lipinski definition) is 10. The molecule has 0 radical (unpaired) electrons. The molecule has 0 aromatic heterocycles. The molecule has 3 atom stereocenters. The van der Waals surface area contributed by atoms with Crippen LogP contribution in [-0.4, -0.2) is 89.9 Å². The summed E-state index contributed by atoms with van der Waals surface area (Å²) in [6, 6.07) is 29.7. The van der Waals surface area contributed by atoms with Crippen LogP contribution in [0, 0.1) is 0 Å². The van der Waals surface area contributed by atoms with Gasteiger partial charge in [0, 0.05) is 27.9 Å². The molecule has 2 aliphatic rings. The number of para-hydroxylation sites is 3. The molecule has 0 bridgehead atoms. The summed E-state index contributed by atoms with van der Waals surface area (Å²) in [4.78, 5) is 0. The van der Waals surface area contributed by atoms with Crippen molar-refractivity contribution < 1.29 is 45.5 Å². The lowest BCUT2D eigenvalue weighted by molar-refractivity contribution is 0.00419. The molecule has 0 N–H and O–H groups in total. The van der Waals surface area contributed by atoms with Gasteiger partial charge in [0.05, 0.1) is 32.5 Å². The maximum atomic E-state index is 6.46. The zero-order valence-corrected chi connectivity index (χ0v) is 29.3. The zero-order chi connectivity index (χ0) is 32.5. The third-order valence-electron chi connectivity index (χ3n) is 7.21. The van der Waals surface area contributed by atoms with E-state index in [-0.39, 0.29) is 17.9 Å². The lowest BCUT2D eigenvalue weighted by Crippen LogP contribution is -2.55. The first-order valence-electron chi connectivity index (χ1n) is 15.8. The summed E-state index contributed by atoms with van der Waals surface area (Å²) in [6.07, 6.45) is 3.13. The fraction of sp³-hybridized carbons (Fsp3) is 0.471. The SMILES string of the molecule is CCCC(OCC1CO1)[Si](OC)(OC)OC.c1ccc(O[Si](CCCOCC2CO2)(Oc2ccccc2)Oc2ccccc2)cc1. The maximum absolute atomic E-state index is 6.46. The van der Waals surface area contributed by atoms with Crippen LogP contribution in [0.15, 0.2) is 91.0 Å². The Morgan fingerprint density at radius 1 is 0.674 bits per heavy atom. The van der Waals surface area contributed by atoms with Gasteiger partial charge in [-0.25, -0.2) is 0 Å². The van der Waals surface area contributed by atoms with E-state index in [1.807, 2.05) is 91.0 Å². The van der Waals surface area contributed by atoms with E-state index in [0.29, 0.717) is 25.9 Å². The highest BCUT2D eigenvalue weighted by atomic mass is 28.4. The number of rotatable bonds is 21. The van der Waals surface area contributed by atoms with Crippen molar-refractivity contribution in [2.45, 2.75) is 50.2 Å². The Hall–Kier alpha value is -2.79. The first-order chi connectivity index (χ1) is 22.5. The van der Waals surface area contributed by atoms with Gasteiger partial charge in [0.15, 0.2) is 0 Å². The molecule has 0 spiro atoms. The monoisotopic (exact) mass is 672 g/mol. The highest BCUT2D eigenvalue weighted by Gasteiger charge is 2.49. The van der Waals surface area contributed by atoms with Crippen LogP contribution < -0.4 is 13.3 Å². The molecule has 2 heterocycles. The van der Waals surface area contributed by atoms with Gasteiger partial charge >= 0.3 is 17.6 Å². The molecule has 5 rings (SSSR count). The van der Waals surface area contributed by atoms with Gasteiger partial charge in [-0.3, -0.25) is 0 Å². The van der Waals surface area contributed by atoms with Crippen molar-refractivity contribution >= 4 is 17.6 Å². The lowest BCUT2D eigenvalue weighted by atomic mass is 10.3. The summed E-state index contributed by atoms with van der Waals surface area (Å²) < 4.78 is 57.6. The standard InChI is InChI=1S/C24H26O5Si.C10H22O5Si/c1-4-11-21(12-5-1)27-30(28-22-13-6-2-7-14-22,29-23-15-8-3-9-16-23)18-10-17-25-19-24-20-26-24;1-5-6-10(15-8-9-7-14-9)16(11-2,12-3)13-4/h1-9,11-16,24H,10,17-20H2;9-10H,5-8H2,1-4H3. The summed E-state index contributed by atoms with van der Waals surface area (Å²) in [6.45, 7) is 5.51. The van der Waals surface area contributed by atoms with Crippen LogP contribution in [0.5, 0.6) is 17.2 Å². The predicted octanol–water partition coefficient (Wildman–Crippen LogP) is 5.96. The maximum Gasteiger partial charge on any atom is 0.699 e. The molecule has 2 saturated heterocycles. The van der Waals surface area contributed by atoms with E-state index in [9.17, 15) is 0 Å². The van der Waals surface area contributed by atoms with E-state index >= 15 is 0 Å². The summed E-state index contributed by atoms with van der Waals surface area (Å²) in [5, 5.41) is 0. The third kappa shape index (κ3) is 12.1. The average Bonchev–Trinajstić information content (AvgIpc) is 4.03. The molecular formula is C34H48O10Si2. The molecule has 12 heteroatoms. The summed E-state index contributed by atoms with van der Waals surface area (Å²) in [5.41, 5.74) is -0.110. The molecular weight excluding hydrogens is 625 g/mol. The van der Waals surface area contributed by atoms with Crippen LogP contribution in [0.4, 0.5) is 0 Å². The molecule has 2 aliphatic heterocycles. The number of hydrogen-bond donors (Lipinski definition) is 0. The first kappa shape index (κ1) is 36.1. The second kappa shape index (κ2) is 19.1. The fourth-order valence-electron chi connectivity index (χ4n) is 4.65. The average molecular weight is 673 g/mol. The number of benzene rings is 3. The Labute approximate surface area is 275 Å². The number of epoxide rings is 2. The van der Waals surface area contributed by atoms with Gasteiger partial charge in [-0.2, -0.15) is 0 Å². The van der Waals surface area contributed by atoms with Gasteiger partial charge in [0.1, 0.15) is 35.2 Å². The van der Waals surface area contributed by atoms with E-state index in [4.69, 9.17) is 45.5 Å². The molecule has 10 nitrogen and oxygen atoms in total. The Bertz CT molecular complexity index is 1100. The molecule has 2 fully saturated rings. The molecule has 0 saturated carbocycles. The van der Waals surface area contributed by atoms with Crippen molar-refractivity contribution in [2.24, 2.45) is 0 Å². The van der Waals surface area contributed by atoms with Crippen molar-refractivity contribution in [1.82, 2.24) is 0 Å². The lowest BCUT2D eigenvalue weighted by Gasteiger charge is -2.32. The quantitative estimate of drug-likeness (QED) is 0.0767. The van der Waals surface area contributed by atoms with Crippen molar-refractivity contribution in [3.8, 4) is 17.2 Å². The fourth-order valence-corrected chi connectivity index (χ4v) is 9.37. The van der Waals surface area contributed by atoms with Crippen LogP contribution in [-0.2, 0) is 32.2 Å². The molecule has 3 aromatic carbocycles. The normalized spacial score (nSPS) is 17.7. The Balaban J connectivity index is 0.000000254. The van der Waals surface area contributed by atoms with Crippen LogP contribution >= 0.6 is 0 Å². The highest BCUT2D eigenvalue weighted by Crippen LogP contribution is 2.28. The van der Waals surface area contributed by atoms with Crippen LogP contribution in [0.25, 0.3) is 0 Å². The van der Waals surface area contributed by atoms with Gasteiger partial charge in [-0.15, -0.1) is 0 Å². The van der Waals surface area contributed by atoms with Gasteiger partial charge in [-0.1, -0.05) is 67.9 Å². The minimum atomic E-state index is -3.19. The highest BCUT2D eigenvalue weighted by molar-refractivity contribution is 6.63. The Morgan fingerprint density at radius 3 is 1.50 bits per heavy atom. The second-order valence-electron chi connectivity index (χ2n) is 10.8. The van der Waals surface area contributed by atoms with E-state index in [2.05, 4.69) is 6.92 Å². The van der Waals surface area contributed by atoms with E-state index in [1.165, 1.54) is 0 Å². The minimum absolute atomic E-state index is 0.110. The van der Waals surface area contributed by atoms with Crippen LogP contribution in [0.1, 0.15) is 26.2 Å². The van der Waals surface area contributed by atoms with E-state index in [1.54, 1.807) is 21.3 Å². The summed E-state index contributed by atoms with van der Waals surface area (Å²) >= 11 is 0. The van der Waals surface area contributed by atoms with Crippen molar-refractivity contribution in [3.63, 3.8) is 0 Å². The largest absolute Gasteiger partial charge is 0.699 e. The minimum Gasteiger partial charge on any atom is -0.483 e. The van der Waals surface area contributed by atoms with Gasteiger partial charge in [-0.05, 0) is 49.2 Å². The van der Waals surface area contributed by atoms with Crippen LogP contribution in [0.3, 0.4) is 0 Å². The van der Waals surface area contributed by atoms with Crippen molar-refractivity contribution in [1.29, 1.82) is 0 Å². The van der Waals surface area contributed by atoms with Crippen molar-refractivity contribution in [2.75, 3.05) is 54.4 Å². The van der Waals surface area contributed by atoms with Gasteiger partial charge in [0.25, 0.3) is 0 Å². The van der Waals surface area contributed by atoms with Gasteiger partial charge in [0.2, 0.25) is 0 Å². The molecule has 46 heavy (non-hydrogen) atoms. The Morgan fingerprint density at radius 2 is 1.11 bits per heavy atom. The third-order valence-corrected chi connectivity index (χ3v) is 12.8. The molecule has 3 aromatic rings. The number of ether oxygens (including phenoxy) is 4. The molecule has 0 amide bonds. The molecule has 0 aliphatic carbocycles.